The quantitative estimate of drug-likeness (QED) is 0.548. The summed E-state index contributed by atoms with van der Waals surface area (Å²) in [6, 6.07) is 0. The number of methoxy groups -OCH3 is 1. The molecule has 17 heavy (non-hydrogen) atoms. The minimum atomic E-state index is -0.696. The molecule has 4 heteroatoms. The molecule has 0 saturated heterocycles. The number of unbranched alkanes of at least 4 members (excludes halogenated alkanes) is 2. The van der Waals surface area contributed by atoms with Crippen LogP contribution in [0.1, 0.15) is 46.0 Å². The Labute approximate surface area is 105 Å². The van der Waals surface area contributed by atoms with Crippen LogP contribution in [0.2, 0.25) is 0 Å². The van der Waals surface area contributed by atoms with Gasteiger partial charge in [0.15, 0.2) is 0 Å². The summed E-state index contributed by atoms with van der Waals surface area (Å²) in [4.78, 5) is 10.3. The molecule has 0 aromatic rings. The molecule has 0 aliphatic rings. The highest BCUT2D eigenvalue weighted by atomic mass is 16.5. The van der Waals surface area contributed by atoms with E-state index in [-0.39, 0.29) is 5.41 Å². The van der Waals surface area contributed by atoms with Crippen molar-refractivity contribution in [2.75, 3.05) is 26.8 Å². The second-order valence-corrected chi connectivity index (χ2v) is 5.29. The maximum absolute atomic E-state index is 10.3. The molecule has 0 aromatic carbocycles. The third-order valence-corrected chi connectivity index (χ3v) is 2.83. The molecule has 102 valence electrons. The molecule has 0 bridgehead atoms. The Morgan fingerprint density at radius 3 is 2.59 bits per heavy atom. The Morgan fingerprint density at radius 1 is 1.29 bits per heavy atom. The summed E-state index contributed by atoms with van der Waals surface area (Å²) in [6.45, 7) is 7.20. The molecule has 0 radical (unpaired) electrons. The third kappa shape index (κ3) is 11.6. The average Bonchev–Trinajstić information content (AvgIpc) is 2.24. The van der Waals surface area contributed by atoms with Gasteiger partial charge in [-0.1, -0.05) is 20.3 Å². The van der Waals surface area contributed by atoms with E-state index in [1.807, 2.05) is 0 Å². The van der Waals surface area contributed by atoms with E-state index < -0.39 is 5.97 Å². The van der Waals surface area contributed by atoms with Crippen molar-refractivity contribution in [1.29, 1.82) is 0 Å². The van der Waals surface area contributed by atoms with E-state index in [1.54, 1.807) is 7.11 Å². The lowest BCUT2D eigenvalue weighted by atomic mass is 9.90. The summed E-state index contributed by atoms with van der Waals surface area (Å²) in [7, 11) is 1.73. The van der Waals surface area contributed by atoms with Crippen LogP contribution in [0.15, 0.2) is 0 Å². The molecule has 0 aliphatic heterocycles. The van der Waals surface area contributed by atoms with Crippen molar-refractivity contribution >= 4 is 5.97 Å². The van der Waals surface area contributed by atoms with Crippen molar-refractivity contribution < 1.29 is 14.6 Å². The van der Waals surface area contributed by atoms with Gasteiger partial charge in [0.05, 0.1) is 0 Å². The Kier molecular flexibility index (Phi) is 9.09. The molecule has 0 saturated carbocycles. The fourth-order valence-corrected chi connectivity index (χ4v) is 1.60. The molecule has 0 unspecified atom stereocenters. The molecule has 0 aliphatic carbocycles. The molecule has 0 atom stereocenters. The zero-order valence-corrected chi connectivity index (χ0v) is 11.4. The topological polar surface area (TPSA) is 58.6 Å². The fraction of sp³-hybridized carbons (Fsp3) is 0.923. The Bertz CT molecular complexity index is 205. The number of rotatable bonds is 11. The van der Waals surface area contributed by atoms with Crippen LogP contribution in [0, 0.1) is 5.41 Å². The lowest BCUT2D eigenvalue weighted by molar-refractivity contribution is -0.137. The molecule has 0 heterocycles. The van der Waals surface area contributed by atoms with Crippen molar-refractivity contribution in [3.05, 3.63) is 0 Å². The van der Waals surface area contributed by atoms with Gasteiger partial charge in [-0.25, -0.2) is 0 Å². The van der Waals surface area contributed by atoms with Gasteiger partial charge in [0.2, 0.25) is 0 Å². The molecule has 4 nitrogen and oxygen atoms in total. The highest BCUT2D eigenvalue weighted by Gasteiger charge is 2.16. The van der Waals surface area contributed by atoms with Crippen LogP contribution in [-0.4, -0.2) is 37.9 Å². The van der Waals surface area contributed by atoms with Gasteiger partial charge in [-0.2, -0.15) is 0 Å². The SMILES string of the molecule is COCCC(C)(C)CNCCCCCC(=O)O. The van der Waals surface area contributed by atoms with E-state index in [4.69, 9.17) is 9.84 Å². The Balaban J connectivity index is 3.34. The average molecular weight is 245 g/mol. The minimum Gasteiger partial charge on any atom is -0.481 e. The summed E-state index contributed by atoms with van der Waals surface area (Å²) < 4.78 is 5.08. The van der Waals surface area contributed by atoms with Crippen LogP contribution in [0.3, 0.4) is 0 Å². The molecule has 2 N–H and O–H groups in total. The predicted molar refractivity (Wildman–Crippen MR) is 69.2 cm³/mol. The van der Waals surface area contributed by atoms with Crippen LogP contribution in [0.25, 0.3) is 0 Å². The first-order valence-electron chi connectivity index (χ1n) is 6.39. The summed E-state index contributed by atoms with van der Waals surface area (Å²) in [6.07, 6.45) is 4.16. The minimum absolute atomic E-state index is 0.261. The van der Waals surface area contributed by atoms with Crippen molar-refractivity contribution in [2.45, 2.75) is 46.0 Å². The van der Waals surface area contributed by atoms with Crippen LogP contribution < -0.4 is 5.32 Å². The van der Waals surface area contributed by atoms with Crippen molar-refractivity contribution in [3.8, 4) is 0 Å². The second kappa shape index (κ2) is 9.42. The monoisotopic (exact) mass is 245 g/mol. The van der Waals surface area contributed by atoms with Gasteiger partial charge in [0, 0.05) is 26.7 Å². The first-order valence-corrected chi connectivity index (χ1v) is 6.39. The number of carboxylic acids is 1. The molecule has 0 rings (SSSR count). The first-order chi connectivity index (χ1) is 7.98. The Morgan fingerprint density at radius 2 is 2.00 bits per heavy atom. The van der Waals surface area contributed by atoms with Gasteiger partial charge in [-0.3, -0.25) is 4.79 Å². The van der Waals surface area contributed by atoms with Gasteiger partial charge < -0.3 is 15.2 Å². The first kappa shape index (κ1) is 16.4. The molecule has 0 aromatic heterocycles. The number of hydrogen-bond acceptors (Lipinski definition) is 3. The smallest absolute Gasteiger partial charge is 0.303 e. The van der Waals surface area contributed by atoms with E-state index in [9.17, 15) is 4.79 Å². The van der Waals surface area contributed by atoms with E-state index in [0.29, 0.717) is 6.42 Å². The van der Waals surface area contributed by atoms with Gasteiger partial charge in [0.25, 0.3) is 0 Å². The largest absolute Gasteiger partial charge is 0.481 e. The van der Waals surface area contributed by atoms with Gasteiger partial charge in [0.1, 0.15) is 0 Å². The molecule has 0 amide bonds. The molecule has 0 fully saturated rings. The third-order valence-electron chi connectivity index (χ3n) is 2.83. The van der Waals surface area contributed by atoms with Crippen molar-refractivity contribution in [2.24, 2.45) is 5.41 Å². The zero-order chi connectivity index (χ0) is 13.1. The summed E-state index contributed by atoms with van der Waals surface area (Å²) >= 11 is 0. The van der Waals surface area contributed by atoms with Gasteiger partial charge in [-0.05, 0) is 31.2 Å². The lowest BCUT2D eigenvalue weighted by Gasteiger charge is -2.24. The number of carbonyl (C=O) groups is 1. The summed E-state index contributed by atoms with van der Waals surface area (Å²) in [5.74, 6) is -0.696. The number of carboxylic acid groups (broad SMARTS) is 1. The lowest BCUT2D eigenvalue weighted by Crippen LogP contribution is -2.31. The second-order valence-electron chi connectivity index (χ2n) is 5.29. The zero-order valence-electron chi connectivity index (χ0n) is 11.4. The fourth-order valence-electron chi connectivity index (χ4n) is 1.60. The highest BCUT2D eigenvalue weighted by Crippen LogP contribution is 2.18. The molecular formula is C13H27NO3. The van der Waals surface area contributed by atoms with Crippen molar-refractivity contribution in [1.82, 2.24) is 5.32 Å². The normalized spacial score (nSPS) is 11.7. The van der Waals surface area contributed by atoms with Gasteiger partial charge >= 0.3 is 5.97 Å². The number of hydrogen-bond donors (Lipinski definition) is 2. The maximum atomic E-state index is 10.3. The summed E-state index contributed by atoms with van der Waals surface area (Å²) in [5.41, 5.74) is 0.261. The van der Waals surface area contributed by atoms with Gasteiger partial charge in [-0.15, -0.1) is 0 Å². The number of aliphatic carboxylic acids is 1. The maximum Gasteiger partial charge on any atom is 0.303 e. The number of ether oxygens (including phenoxy) is 1. The van der Waals surface area contributed by atoms with E-state index in [0.717, 1.165) is 45.4 Å². The van der Waals surface area contributed by atoms with Crippen LogP contribution >= 0.6 is 0 Å². The summed E-state index contributed by atoms with van der Waals surface area (Å²) in [5, 5.41) is 11.9. The van der Waals surface area contributed by atoms with E-state index >= 15 is 0 Å². The standard InChI is InChI=1S/C13H27NO3/c1-13(2,8-10-17-3)11-14-9-6-4-5-7-12(15)16/h14H,4-11H2,1-3H3,(H,15,16). The van der Waals surface area contributed by atoms with E-state index in [2.05, 4.69) is 19.2 Å². The molecule has 0 spiro atoms. The van der Waals surface area contributed by atoms with Crippen molar-refractivity contribution in [3.63, 3.8) is 0 Å². The van der Waals surface area contributed by atoms with E-state index in [1.165, 1.54) is 0 Å². The number of nitrogens with one attached hydrogen (secondary N) is 1. The Hall–Kier alpha value is -0.610. The van der Waals surface area contributed by atoms with Crippen LogP contribution in [0.4, 0.5) is 0 Å². The highest BCUT2D eigenvalue weighted by molar-refractivity contribution is 5.66. The van der Waals surface area contributed by atoms with Crippen LogP contribution in [-0.2, 0) is 9.53 Å². The predicted octanol–water partition coefficient (Wildman–Crippen LogP) is 2.28. The van der Waals surface area contributed by atoms with Crippen LogP contribution in [0.5, 0.6) is 0 Å². The molecular weight excluding hydrogens is 218 g/mol.